The summed E-state index contributed by atoms with van der Waals surface area (Å²) in [5, 5.41) is 11.2. The number of anilines is 1. The molecule has 98 valence electrons. The summed E-state index contributed by atoms with van der Waals surface area (Å²) < 4.78 is 18.1. The van der Waals surface area contributed by atoms with E-state index in [0.29, 0.717) is 6.61 Å². The van der Waals surface area contributed by atoms with Gasteiger partial charge in [0.1, 0.15) is 5.82 Å². The van der Waals surface area contributed by atoms with Crippen LogP contribution < -0.4 is 5.32 Å². The number of benzene rings is 1. The Hall–Kier alpha value is -1.95. The van der Waals surface area contributed by atoms with Gasteiger partial charge in [0.25, 0.3) is 0 Å². The molecule has 1 aromatic carbocycles. The second-order valence-electron chi connectivity index (χ2n) is 3.49. The monoisotopic (exact) mass is 255 g/mol. The molecular weight excluding hydrogens is 241 g/mol. The van der Waals surface area contributed by atoms with Crippen LogP contribution in [0.1, 0.15) is 23.7 Å². The van der Waals surface area contributed by atoms with E-state index in [9.17, 15) is 14.0 Å². The second kappa shape index (κ2) is 6.70. The molecule has 0 fully saturated rings. The number of amides is 1. The van der Waals surface area contributed by atoms with E-state index in [0.717, 1.165) is 12.1 Å². The summed E-state index contributed by atoms with van der Waals surface area (Å²) in [7, 11) is 0. The predicted octanol–water partition coefficient (Wildman–Crippen LogP) is 1.89. The molecule has 18 heavy (non-hydrogen) atoms. The normalized spacial score (nSPS) is 10.1. The van der Waals surface area contributed by atoms with Crippen molar-refractivity contribution in [2.24, 2.45) is 0 Å². The van der Waals surface area contributed by atoms with Gasteiger partial charge in [-0.1, -0.05) is 0 Å². The maximum atomic E-state index is 13.1. The highest BCUT2D eigenvalue weighted by atomic mass is 19.1. The Morgan fingerprint density at radius 3 is 2.78 bits per heavy atom. The highest BCUT2D eigenvalue weighted by Crippen LogP contribution is 2.15. The first-order valence-corrected chi connectivity index (χ1v) is 5.45. The van der Waals surface area contributed by atoms with E-state index in [-0.39, 0.29) is 24.6 Å². The van der Waals surface area contributed by atoms with Crippen molar-refractivity contribution < 1.29 is 23.8 Å². The summed E-state index contributed by atoms with van der Waals surface area (Å²) >= 11 is 0. The molecule has 5 nitrogen and oxygen atoms in total. The van der Waals surface area contributed by atoms with Gasteiger partial charge in [0, 0.05) is 12.3 Å². The number of hydrogen-bond donors (Lipinski definition) is 2. The van der Waals surface area contributed by atoms with Crippen LogP contribution in [0.3, 0.4) is 0 Å². The van der Waals surface area contributed by atoms with E-state index < -0.39 is 17.3 Å². The Labute approximate surface area is 104 Å². The van der Waals surface area contributed by atoms with Gasteiger partial charge in [-0.3, -0.25) is 4.79 Å². The van der Waals surface area contributed by atoms with Crippen LogP contribution in [0.15, 0.2) is 18.2 Å². The van der Waals surface area contributed by atoms with Gasteiger partial charge in [0.15, 0.2) is 0 Å². The molecule has 0 aromatic heterocycles. The van der Waals surface area contributed by atoms with Crippen molar-refractivity contribution in [3.8, 4) is 0 Å². The summed E-state index contributed by atoms with van der Waals surface area (Å²) in [4.78, 5) is 22.1. The molecule has 0 aliphatic carbocycles. The van der Waals surface area contributed by atoms with Crippen LogP contribution in [0.5, 0.6) is 0 Å². The molecule has 0 unspecified atom stereocenters. The lowest BCUT2D eigenvalue weighted by Gasteiger charge is -2.06. The van der Waals surface area contributed by atoms with E-state index in [4.69, 9.17) is 9.84 Å². The third kappa shape index (κ3) is 4.14. The third-order valence-electron chi connectivity index (χ3n) is 2.16. The van der Waals surface area contributed by atoms with Gasteiger partial charge in [-0.15, -0.1) is 0 Å². The number of carbonyl (C=O) groups is 2. The fraction of sp³-hybridized carbons (Fsp3) is 0.333. The Balaban J connectivity index is 2.65. The smallest absolute Gasteiger partial charge is 0.338 e. The fourth-order valence-electron chi connectivity index (χ4n) is 1.30. The molecule has 0 radical (unpaired) electrons. The van der Waals surface area contributed by atoms with Crippen molar-refractivity contribution in [3.05, 3.63) is 29.6 Å². The Morgan fingerprint density at radius 2 is 2.17 bits per heavy atom. The zero-order chi connectivity index (χ0) is 13.5. The van der Waals surface area contributed by atoms with Crippen LogP contribution in [0.25, 0.3) is 0 Å². The first-order valence-electron chi connectivity index (χ1n) is 5.45. The molecule has 1 aromatic rings. The summed E-state index contributed by atoms with van der Waals surface area (Å²) in [5.74, 6) is -2.53. The molecule has 0 heterocycles. The largest absolute Gasteiger partial charge is 0.478 e. The second-order valence-corrected chi connectivity index (χ2v) is 3.49. The number of hydrogen-bond acceptors (Lipinski definition) is 3. The summed E-state index contributed by atoms with van der Waals surface area (Å²) in [6.07, 6.45) is 0.160. The number of aromatic carboxylic acids is 1. The third-order valence-corrected chi connectivity index (χ3v) is 2.16. The summed E-state index contributed by atoms with van der Waals surface area (Å²) in [6, 6.07) is 3.39. The van der Waals surface area contributed by atoms with Gasteiger partial charge in [-0.05, 0) is 25.1 Å². The molecular formula is C12H14FNO4. The Bertz CT molecular complexity index is 448. The first-order chi connectivity index (χ1) is 8.54. The first kappa shape index (κ1) is 14.1. The SMILES string of the molecule is CCOCCC(=O)Nc1ccc(F)c(C(=O)O)c1. The molecule has 1 amide bonds. The van der Waals surface area contributed by atoms with E-state index in [1.54, 1.807) is 0 Å². The van der Waals surface area contributed by atoms with Crippen LogP contribution >= 0.6 is 0 Å². The van der Waals surface area contributed by atoms with Gasteiger partial charge >= 0.3 is 5.97 Å². The lowest BCUT2D eigenvalue weighted by Crippen LogP contribution is -2.14. The fourth-order valence-corrected chi connectivity index (χ4v) is 1.30. The number of halogens is 1. The average molecular weight is 255 g/mol. The topological polar surface area (TPSA) is 75.6 Å². The highest BCUT2D eigenvalue weighted by Gasteiger charge is 2.11. The number of carboxylic acids is 1. The summed E-state index contributed by atoms with van der Waals surface area (Å²) in [5.41, 5.74) is -0.229. The Kier molecular flexibility index (Phi) is 5.26. The minimum absolute atomic E-state index is 0.160. The molecule has 0 atom stereocenters. The van der Waals surface area contributed by atoms with Gasteiger partial charge in [-0.2, -0.15) is 0 Å². The van der Waals surface area contributed by atoms with E-state index in [1.807, 2.05) is 6.92 Å². The molecule has 0 bridgehead atoms. The lowest BCUT2D eigenvalue weighted by atomic mass is 10.2. The van der Waals surface area contributed by atoms with Crippen molar-refractivity contribution in [3.63, 3.8) is 0 Å². The van der Waals surface area contributed by atoms with Crippen molar-refractivity contribution >= 4 is 17.6 Å². The van der Waals surface area contributed by atoms with Crippen LogP contribution in [-0.2, 0) is 9.53 Å². The standard InChI is InChI=1S/C12H14FNO4/c1-2-18-6-5-11(15)14-8-3-4-10(13)9(7-8)12(16)17/h3-4,7H,2,5-6H2,1H3,(H,14,15)(H,16,17). The molecule has 0 aliphatic heterocycles. The van der Waals surface area contributed by atoms with Gasteiger partial charge in [0.2, 0.25) is 5.91 Å². The molecule has 2 N–H and O–H groups in total. The van der Waals surface area contributed by atoms with E-state index >= 15 is 0 Å². The molecule has 6 heteroatoms. The van der Waals surface area contributed by atoms with Crippen LogP contribution in [0.4, 0.5) is 10.1 Å². The molecule has 0 spiro atoms. The maximum absolute atomic E-state index is 13.1. The van der Waals surface area contributed by atoms with E-state index in [2.05, 4.69) is 5.32 Å². The predicted molar refractivity (Wildman–Crippen MR) is 63.1 cm³/mol. The van der Waals surface area contributed by atoms with Crippen molar-refractivity contribution in [2.75, 3.05) is 18.5 Å². The number of carboxylic acid groups (broad SMARTS) is 1. The Morgan fingerprint density at radius 1 is 1.44 bits per heavy atom. The number of ether oxygens (including phenoxy) is 1. The molecule has 1 rings (SSSR count). The van der Waals surface area contributed by atoms with Crippen LogP contribution in [-0.4, -0.2) is 30.2 Å². The van der Waals surface area contributed by atoms with E-state index in [1.165, 1.54) is 6.07 Å². The van der Waals surface area contributed by atoms with Crippen molar-refractivity contribution in [1.29, 1.82) is 0 Å². The van der Waals surface area contributed by atoms with Crippen molar-refractivity contribution in [1.82, 2.24) is 0 Å². The van der Waals surface area contributed by atoms with Crippen LogP contribution in [0, 0.1) is 5.82 Å². The maximum Gasteiger partial charge on any atom is 0.338 e. The van der Waals surface area contributed by atoms with Crippen LogP contribution in [0.2, 0.25) is 0 Å². The zero-order valence-corrected chi connectivity index (χ0v) is 9.90. The molecule has 0 aliphatic rings. The summed E-state index contributed by atoms with van der Waals surface area (Å²) in [6.45, 7) is 2.62. The zero-order valence-electron chi connectivity index (χ0n) is 9.90. The minimum atomic E-state index is -1.38. The van der Waals surface area contributed by atoms with Gasteiger partial charge in [0.05, 0.1) is 18.6 Å². The van der Waals surface area contributed by atoms with Gasteiger partial charge in [-0.25, -0.2) is 9.18 Å². The number of carbonyl (C=O) groups excluding carboxylic acids is 1. The number of nitrogens with one attached hydrogen (secondary N) is 1. The highest BCUT2D eigenvalue weighted by molar-refractivity contribution is 5.94. The van der Waals surface area contributed by atoms with Gasteiger partial charge < -0.3 is 15.2 Å². The number of rotatable bonds is 6. The van der Waals surface area contributed by atoms with Crippen molar-refractivity contribution in [2.45, 2.75) is 13.3 Å². The lowest BCUT2D eigenvalue weighted by molar-refractivity contribution is -0.117. The average Bonchev–Trinajstić information content (AvgIpc) is 2.31. The quantitative estimate of drug-likeness (QED) is 0.761. The minimum Gasteiger partial charge on any atom is -0.478 e. The molecule has 0 saturated heterocycles. The molecule has 0 saturated carbocycles.